The zero-order chi connectivity index (χ0) is 30.5. The van der Waals surface area contributed by atoms with E-state index in [4.69, 9.17) is 18.9 Å². The largest absolute Gasteiger partial charge is 0.508 e. The number of benzene rings is 5. The molecule has 0 radical (unpaired) electrons. The van der Waals surface area contributed by atoms with E-state index in [0.29, 0.717) is 22.8 Å². The van der Waals surface area contributed by atoms with Crippen molar-refractivity contribution in [3.8, 4) is 34.5 Å². The van der Waals surface area contributed by atoms with Crippen molar-refractivity contribution in [2.45, 2.75) is 38.1 Å². The van der Waals surface area contributed by atoms with Crippen LogP contribution in [0.5, 0.6) is 34.5 Å². The van der Waals surface area contributed by atoms with Crippen molar-refractivity contribution in [2.24, 2.45) is 0 Å². The average molecular weight is 593 g/mol. The number of phenols is 2. The summed E-state index contributed by atoms with van der Waals surface area (Å²) >= 11 is 0. The average Bonchev–Trinajstić information content (AvgIpc) is 3.04. The van der Waals surface area contributed by atoms with E-state index >= 15 is 0 Å². The summed E-state index contributed by atoms with van der Waals surface area (Å²) in [6.45, 7) is 0.702. The molecule has 8 heteroatoms. The van der Waals surface area contributed by atoms with E-state index in [-0.39, 0.29) is 42.6 Å². The standard InChI is InChI=1S/C36H32O8/c37-27-18-28(38)32-29(19-27)44-35(34(40)33(32)39)26-16-30(41-20-23-10-4-1-5-11-23)36(43-22-25-14-8-3-9-15-25)31(17-26)42-21-24-12-6-2-7-13-24/h1-19,33-35,37-40H,20-22H2. The Kier molecular flexibility index (Phi) is 8.54. The van der Waals surface area contributed by atoms with E-state index in [1.165, 1.54) is 6.07 Å². The molecule has 0 aromatic heterocycles. The number of phenolic OH excluding ortho intramolecular Hbond substituents is 2. The van der Waals surface area contributed by atoms with Gasteiger partial charge in [-0.3, -0.25) is 0 Å². The molecule has 1 aliphatic heterocycles. The maximum absolute atomic E-state index is 11.2. The lowest BCUT2D eigenvalue weighted by Crippen LogP contribution is -2.34. The summed E-state index contributed by atoms with van der Waals surface area (Å²) in [5, 5.41) is 42.6. The summed E-state index contributed by atoms with van der Waals surface area (Å²) in [5.74, 6) is 0.486. The van der Waals surface area contributed by atoms with Crippen LogP contribution in [-0.2, 0) is 19.8 Å². The van der Waals surface area contributed by atoms with Gasteiger partial charge >= 0.3 is 0 Å². The van der Waals surface area contributed by atoms with Crippen molar-refractivity contribution >= 4 is 0 Å². The van der Waals surface area contributed by atoms with E-state index in [1.807, 2.05) is 91.0 Å². The molecule has 224 valence electrons. The van der Waals surface area contributed by atoms with E-state index < -0.39 is 18.3 Å². The number of hydrogen-bond acceptors (Lipinski definition) is 8. The zero-order valence-electron chi connectivity index (χ0n) is 23.7. The molecule has 0 saturated heterocycles. The van der Waals surface area contributed by atoms with Crippen LogP contribution in [0.3, 0.4) is 0 Å². The Hall–Kier alpha value is -5.18. The summed E-state index contributed by atoms with van der Waals surface area (Å²) in [5.41, 5.74) is 3.24. The molecule has 0 amide bonds. The highest BCUT2D eigenvalue weighted by molar-refractivity contribution is 5.57. The van der Waals surface area contributed by atoms with Gasteiger partial charge < -0.3 is 39.4 Å². The molecule has 6 rings (SSSR count). The number of aliphatic hydroxyl groups excluding tert-OH is 2. The zero-order valence-corrected chi connectivity index (χ0v) is 23.7. The van der Waals surface area contributed by atoms with Crippen LogP contribution in [0.2, 0.25) is 0 Å². The summed E-state index contributed by atoms with van der Waals surface area (Å²) in [6, 6.07) is 34.8. The first-order valence-electron chi connectivity index (χ1n) is 14.2. The van der Waals surface area contributed by atoms with Gasteiger partial charge in [0.15, 0.2) is 17.6 Å². The second kappa shape index (κ2) is 13.0. The first kappa shape index (κ1) is 28.9. The summed E-state index contributed by atoms with van der Waals surface area (Å²) in [7, 11) is 0. The molecule has 4 N–H and O–H groups in total. The molecule has 1 aliphatic rings. The summed E-state index contributed by atoms with van der Waals surface area (Å²) in [4.78, 5) is 0. The van der Waals surface area contributed by atoms with Crippen molar-refractivity contribution < 1.29 is 39.4 Å². The Morgan fingerprint density at radius 3 is 1.57 bits per heavy atom. The highest BCUT2D eigenvalue weighted by Gasteiger charge is 2.40. The highest BCUT2D eigenvalue weighted by atomic mass is 16.5. The van der Waals surface area contributed by atoms with E-state index in [1.54, 1.807) is 12.1 Å². The minimum absolute atomic E-state index is 0.00420. The molecule has 3 unspecified atom stereocenters. The van der Waals surface area contributed by atoms with Gasteiger partial charge in [-0.05, 0) is 28.8 Å². The predicted molar refractivity (Wildman–Crippen MR) is 163 cm³/mol. The number of hydrogen-bond donors (Lipinski definition) is 4. The van der Waals surface area contributed by atoms with Crippen LogP contribution in [0, 0.1) is 0 Å². The van der Waals surface area contributed by atoms with Crippen LogP contribution >= 0.6 is 0 Å². The third-order valence-corrected chi connectivity index (χ3v) is 7.36. The van der Waals surface area contributed by atoms with Gasteiger partial charge in [0.1, 0.15) is 49.3 Å². The SMILES string of the molecule is Oc1cc(O)c2c(c1)OC(c1cc(OCc3ccccc3)c(OCc3ccccc3)c(OCc3ccccc3)c1)C(O)C2O. The normalized spacial score (nSPS) is 17.3. The molecule has 0 bridgehead atoms. The van der Waals surface area contributed by atoms with E-state index in [2.05, 4.69) is 0 Å². The first-order valence-corrected chi connectivity index (χ1v) is 14.2. The van der Waals surface area contributed by atoms with Gasteiger partial charge in [-0.25, -0.2) is 0 Å². The molecule has 44 heavy (non-hydrogen) atoms. The van der Waals surface area contributed by atoms with Gasteiger partial charge in [0.2, 0.25) is 5.75 Å². The van der Waals surface area contributed by atoms with Crippen LogP contribution in [0.25, 0.3) is 0 Å². The lowest BCUT2D eigenvalue weighted by molar-refractivity contribution is -0.0711. The fourth-order valence-electron chi connectivity index (χ4n) is 5.12. The lowest BCUT2D eigenvalue weighted by Gasteiger charge is -2.35. The van der Waals surface area contributed by atoms with Gasteiger partial charge in [0.25, 0.3) is 0 Å². The second-order valence-corrected chi connectivity index (χ2v) is 10.5. The maximum atomic E-state index is 11.2. The molecular weight excluding hydrogens is 560 g/mol. The molecular formula is C36H32O8. The molecule has 0 aliphatic carbocycles. The van der Waals surface area contributed by atoms with Gasteiger partial charge in [0.05, 0.1) is 5.56 Å². The van der Waals surface area contributed by atoms with Crippen LogP contribution in [-0.4, -0.2) is 26.5 Å². The van der Waals surface area contributed by atoms with Crippen LogP contribution < -0.4 is 18.9 Å². The molecule has 0 fully saturated rings. The maximum Gasteiger partial charge on any atom is 0.203 e. The van der Waals surface area contributed by atoms with Gasteiger partial charge in [-0.1, -0.05) is 91.0 Å². The smallest absolute Gasteiger partial charge is 0.203 e. The highest BCUT2D eigenvalue weighted by Crippen LogP contribution is 2.49. The Morgan fingerprint density at radius 2 is 1.07 bits per heavy atom. The fourth-order valence-corrected chi connectivity index (χ4v) is 5.12. The Balaban J connectivity index is 1.41. The molecule has 0 saturated carbocycles. The minimum atomic E-state index is -1.49. The molecule has 3 atom stereocenters. The summed E-state index contributed by atoms with van der Waals surface area (Å²) < 4.78 is 25.1. The third kappa shape index (κ3) is 6.41. The lowest BCUT2D eigenvalue weighted by atomic mass is 9.91. The van der Waals surface area contributed by atoms with Gasteiger partial charge in [-0.15, -0.1) is 0 Å². The van der Waals surface area contributed by atoms with Crippen LogP contribution in [0.1, 0.15) is 40.0 Å². The molecule has 8 nitrogen and oxygen atoms in total. The van der Waals surface area contributed by atoms with Crippen LogP contribution in [0.15, 0.2) is 115 Å². The Labute approximate surface area is 254 Å². The monoisotopic (exact) mass is 592 g/mol. The number of rotatable bonds is 10. The summed E-state index contributed by atoms with van der Waals surface area (Å²) in [6.07, 6.45) is -4.04. The Morgan fingerprint density at radius 1 is 0.591 bits per heavy atom. The quantitative estimate of drug-likeness (QED) is 0.148. The number of aromatic hydroxyl groups is 2. The van der Waals surface area contributed by atoms with Crippen LogP contribution in [0.4, 0.5) is 0 Å². The second-order valence-electron chi connectivity index (χ2n) is 10.5. The number of fused-ring (bicyclic) bond motifs is 1. The molecule has 5 aromatic carbocycles. The number of aliphatic hydroxyl groups is 2. The third-order valence-electron chi connectivity index (χ3n) is 7.36. The van der Waals surface area contributed by atoms with E-state index in [9.17, 15) is 20.4 Å². The van der Waals surface area contributed by atoms with Crippen molar-refractivity contribution in [2.75, 3.05) is 0 Å². The van der Waals surface area contributed by atoms with Crippen molar-refractivity contribution in [3.63, 3.8) is 0 Å². The first-order chi connectivity index (χ1) is 21.5. The van der Waals surface area contributed by atoms with E-state index in [0.717, 1.165) is 22.8 Å². The van der Waals surface area contributed by atoms with Gasteiger partial charge in [0, 0.05) is 17.7 Å². The fraction of sp³-hybridized carbons (Fsp3) is 0.167. The minimum Gasteiger partial charge on any atom is -0.508 e. The van der Waals surface area contributed by atoms with Crippen molar-refractivity contribution in [3.05, 3.63) is 143 Å². The van der Waals surface area contributed by atoms with Gasteiger partial charge in [-0.2, -0.15) is 0 Å². The van der Waals surface area contributed by atoms with Crippen molar-refractivity contribution in [1.82, 2.24) is 0 Å². The topological polar surface area (TPSA) is 118 Å². The molecule has 1 heterocycles. The van der Waals surface area contributed by atoms with Crippen molar-refractivity contribution in [1.29, 1.82) is 0 Å². The molecule has 5 aromatic rings. The Bertz CT molecular complexity index is 1630. The predicted octanol–water partition coefficient (Wildman–Crippen LogP) is 6.36. The number of ether oxygens (including phenoxy) is 4. The molecule has 0 spiro atoms.